The molecule has 6 unspecified atom stereocenters. The zero-order valence-electron chi connectivity index (χ0n) is 30.9. The Labute approximate surface area is 298 Å². The molecule has 1 heterocycles. The van der Waals surface area contributed by atoms with Crippen molar-refractivity contribution in [3.05, 3.63) is 36.5 Å². The molecule has 9 heteroatoms. The molecule has 0 spiro atoms. The highest BCUT2D eigenvalue weighted by atomic mass is 16.7. The first-order valence-electron chi connectivity index (χ1n) is 19.6. The molecule has 286 valence electrons. The van der Waals surface area contributed by atoms with E-state index in [-0.39, 0.29) is 19.2 Å². The first-order valence-corrected chi connectivity index (χ1v) is 19.6. The molecule has 1 aliphatic rings. The Hall–Kier alpha value is -1.59. The lowest BCUT2D eigenvalue weighted by Crippen LogP contribution is -2.59. The monoisotopic (exact) mass is 697 g/mol. The molecule has 1 rings (SSSR count). The van der Waals surface area contributed by atoms with Gasteiger partial charge in [-0.1, -0.05) is 134 Å². The van der Waals surface area contributed by atoms with Gasteiger partial charge in [-0.15, -0.1) is 0 Å². The second-order valence-electron chi connectivity index (χ2n) is 13.4. The van der Waals surface area contributed by atoms with Crippen LogP contribution < -0.4 is 0 Å². The molecule has 0 aliphatic carbocycles. The number of rotatable bonds is 32. The SMILES string of the molecule is CC/C=C\C/C=C\C/C=C\CCCCCCCCCC(=O)OC(COCCCCCCCCCCC)COC1OC(CO)C(O)C(O)C1O. The van der Waals surface area contributed by atoms with E-state index >= 15 is 0 Å². The number of hydrogen-bond acceptors (Lipinski definition) is 9. The standard InChI is InChI=1S/C40H72O9/c1-3-5-7-9-11-13-14-15-16-17-18-19-20-21-23-25-27-29-36(42)48-34(32-46-30-28-26-24-22-12-10-8-6-4-2)33-47-40-39(45)38(44)37(43)35(31-41)49-40/h5,7,11,13,15-16,34-35,37-41,43-45H,3-4,6,8-10,12,14,17-33H2,1-2H3/b7-5-,13-11-,16-15-. The van der Waals surface area contributed by atoms with Gasteiger partial charge in [-0.3, -0.25) is 4.79 Å². The minimum absolute atomic E-state index is 0.116. The lowest BCUT2D eigenvalue weighted by atomic mass is 9.99. The maximum atomic E-state index is 12.7. The molecular weight excluding hydrogens is 624 g/mol. The number of hydrogen-bond donors (Lipinski definition) is 4. The van der Waals surface area contributed by atoms with Crippen molar-refractivity contribution in [1.82, 2.24) is 0 Å². The third-order valence-corrected chi connectivity index (χ3v) is 8.82. The van der Waals surface area contributed by atoms with Crippen LogP contribution in [0, 0.1) is 0 Å². The number of aliphatic hydroxyl groups excluding tert-OH is 4. The van der Waals surface area contributed by atoms with Gasteiger partial charge in [0.25, 0.3) is 0 Å². The summed E-state index contributed by atoms with van der Waals surface area (Å²) < 4.78 is 22.7. The molecule has 0 aromatic carbocycles. The van der Waals surface area contributed by atoms with Crippen LogP contribution in [0.15, 0.2) is 36.5 Å². The van der Waals surface area contributed by atoms with Crippen molar-refractivity contribution < 1.29 is 44.2 Å². The van der Waals surface area contributed by atoms with E-state index in [1.807, 2.05) is 0 Å². The number of allylic oxidation sites excluding steroid dienone is 6. The highest BCUT2D eigenvalue weighted by Gasteiger charge is 2.44. The van der Waals surface area contributed by atoms with Gasteiger partial charge in [-0.25, -0.2) is 0 Å². The summed E-state index contributed by atoms with van der Waals surface area (Å²) in [5.41, 5.74) is 0. The van der Waals surface area contributed by atoms with E-state index < -0.39 is 43.4 Å². The Morgan fingerprint density at radius 2 is 1.24 bits per heavy atom. The number of carbonyl (C=O) groups excluding carboxylic acids is 1. The zero-order valence-corrected chi connectivity index (χ0v) is 30.9. The van der Waals surface area contributed by atoms with Crippen LogP contribution in [0.1, 0.15) is 149 Å². The van der Waals surface area contributed by atoms with Crippen molar-refractivity contribution in [3.63, 3.8) is 0 Å². The van der Waals surface area contributed by atoms with Gasteiger partial charge < -0.3 is 39.4 Å². The molecule has 1 saturated heterocycles. The van der Waals surface area contributed by atoms with Gasteiger partial charge in [0.15, 0.2) is 6.29 Å². The van der Waals surface area contributed by atoms with Gasteiger partial charge in [0.05, 0.1) is 19.8 Å². The van der Waals surface area contributed by atoms with Crippen LogP contribution >= 0.6 is 0 Å². The number of aliphatic hydroxyl groups is 4. The normalized spacial score (nSPS) is 22.1. The van der Waals surface area contributed by atoms with Gasteiger partial charge in [-0.05, 0) is 44.9 Å². The van der Waals surface area contributed by atoms with Crippen molar-refractivity contribution in [3.8, 4) is 0 Å². The third-order valence-electron chi connectivity index (χ3n) is 8.82. The average molecular weight is 697 g/mol. The highest BCUT2D eigenvalue weighted by Crippen LogP contribution is 2.22. The number of esters is 1. The van der Waals surface area contributed by atoms with Crippen LogP contribution in [0.2, 0.25) is 0 Å². The summed E-state index contributed by atoms with van der Waals surface area (Å²) in [4.78, 5) is 12.7. The minimum atomic E-state index is -1.53. The van der Waals surface area contributed by atoms with Crippen LogP contribution in [0.5, 0.6) is 0 Å². The van der Waals surface area contributed by atoms with Crippen molar-refractivity contribution >= 4 is 5.97 Å². The maximum absolute atomic E-state index is 12.7. The summed E-state index contributed by atoms with van der Waals surface area (Å²) in [6.45, 7) is 4.41. The van der Waals surface area contributed by atoms with Crippen molar-refractivity contribution in [2.45, 2.75) is 185 Å². The first-order chi connectivity index (χ1) is 23.9. The van der Waals surface area contributed by atoms with E-state index in [9.17, 15) is 25.2 Å². The van der Waals surface area contributed by atoms with E-state index in [2.05, 4.69) is 50.3 Å². The highest BCUT2D eigenvalue weighted by molar-refractivity contribution is 5.69. The van der Waals surface area contributed by atoms with E-state index in [4.69, 9.17) is 18.9 Å². The summed E-state index contributed by atoms with van der Waals surface area (Å²) in [5.74, 6) is -0.326. The summed E-state index contributed by atoms with van der Waals surface area (Å²) >= 11 is 0. The van der Waals surface area contributed by atoms with Gasteiger partial charge in [0, 0.05) is 13.0 Å². The molecule has 6 atom stereocenters. The molecule has 0 aromatic heterocycles. The number of unbranched alkanes of at least 4 members (excludes halogenated alkanes) is 15. The molecule has 4 N–H and O–H groups in total. The minimum Gasteiger partial charge on any atom is -0.457 e. The van der Waals surface area contributed by atoms with Crippen LogP contribution in [0.3, 0.4) is 0 Å². The summed E-state index contributed by atoms with van der Waals surface area (Å²) in [7, 11) is 0. The van der Waals surface area contributed by atoms with Crippen LogP contribution in [-0.4, -0.2) is 89.6 Å². The Balaban J connectivity index is 2.30. The molecule has 0 amide bonds. The van der Waals surface area contributed by atoms with E-state index in [1.54, 1.807) is 0 Å². The van der Waals surface area contributed by atoms with Gasteiger partial charge in [0.2, 0.25) is 0 Å². The summed E-state index contributed by atoms with van der Waals surface area (Å²) in [6.07, 6.45) is 28.8. The van der Waals surface area contributed by atoms with Crippen LogP contribution in [0.4, 0.5) is 0 Å². The average Bonchev–Trinajstić information content (AvgIpc) is 3.10. The molecule has 1 fully saturated rings. The smallest absolute Gasteiger partial charge is 0.306 e. The quantitative estimate of drug-likeness (QED) is 0.0318. The van der Waals surface area contributed by atoms with Gasteiger partial charge >= 0.3 is 5.97 Å². The zero-order chi connectivity index (χ0) is 35.8. The Kier molecular flexibility index (Phi) is 30.0. The lowest BCUT2D eigenvalue weighted by Gasteiger charge is -2.39. The molecule has 1 aliphatic heterocycles. The Bertz CT molecular complexity index is 844. The largest absolute Gasteiger partial charge is 0.457 e. The predicted molar refractivity (Wildman–Crippen MR) is 196 cm³/mol. The third kappa shape index (κ3) is 24.3. The molecular formula is C40H72O9. The summed E-state index contributed by atoms with van der Waals surface area (Å²) in [5, 5.41) is 39.9. The fourth-order valence-electron chi connectivity index (χ4n) is 5.74. The molecule has 49 heavy (non-hydrogen) atoms. The fraction of sp³-hybridized carbons (Fsp3) is 0.825. The fourth-order valence-corrected chi connectivity index (χ4v) is 5.74. The second kappa shape index (κ2) is 32.3. The Morgan fingerprint density at radius 3 is 1.88 bits per heavy atom. The molecule has 0 aromatic rings. The molecule has 0 radical (unpaired) electrons. The lowest BCUT2D eigenvalue weighted by molar-refractivity contribution is -0.305. The van der Waals surface area contributed by atoms with Crippen molar-refractivity contribution in [2.24, 2.45) is 0 Å². The molecule has 0 bridgehead atoms. The Morgan fingerprint density at radius 1 is 0.673 bits per heavy atom. The van der Waals surface area contributed by atoms with Crippen molar-refractivity contribution in [1.29, 1.82) is 0 Å². The van der Waals surface area contributed by atoms with Crippen molar-refractivity contribution in [2.75, 3.05) is 26.4 Å². The topological polar surface area (TPSA) is 135 Å². The van der Waals surface area contributed by atoms with Gasteiger partial charge in [-0.2, -0.15) is 0 Å². The predicted octanol–water partition coefficient (Wildman–Crippen LogP) is 7.63. The maximum Gasteiger partial charge on any atom is 0.306 e. The van der Waals surface area contributed by atoms with E-state index in [1.165, 1.54) is 64.2 Å². The van der Waals surface area contributed by atoms with E-state index in [0.717, 1.165) is 64.2 Å². The second-order valence-corrected chi connectivity index (χ2v) is 13.4. The van der Waals surface area contributed by atoms with Crippen LogP contribution in [-0.2, 0) is 23.7 Å². The number of carbonyl (C=O) groups is 1. The molecule has 0 saturated carbocycles. The first kappa shape index (κ1) is 45.4. The van der Waals surface area contributed by atoms with Gasteiger partial charge in [0.1, 0.15) is 30.5 Å². The van der Waals surface area contributed by atoms with Crippen LogP contribution in [0.25, 0.3) is 0 Å². The molecule has 9 nitrogen and oxygen atoms in total. The van der Waals surface area contributed by atoms with E-state index in [0.29, 0.717) is 13.0 Å². The number of ether oxygens (including phenoxy) is 4. The summed E-state index contributed by atoms with van der Waals surface area (Å²) in [6, 6.07) is 0.